The summed E-state index contributed by atoms with van der Waals surface area (Å²) in [5, 5.41) is 3.30. The average molecular weight is 346 g/mol. The van der Waals surface area contributed by atoms with Crippen LogP contribution in [0.5, 0.6) is 0 Å². The summed E-state index contributed by atoms with van der Waals surface area (Å²) in [5.74, 6) is -0.597. The van der Waals surface area contributed by atoms with Crippen LogP contribution in [0.1, 0.15) is 29.8 Å². The standard InChI is InChI=1S/C18H20F2N4O/c1-23-6-5-22-17(23)16-10-21-4-7-24(16)18(25)14-9-12(14)13-8-11(19)2-3-15(13)20/h2-3,5-6,8,12,14,16,21H,4,7,9-10H2,1H3. The SMILES string of the molecule is Cn1ccnc1C1CNCCN1C(=O)C1CC1c1cc(F)ccc1F. The minimum Gasteiger partial charge on any atom is -0.336 e. The lowest BCUT2D eigenvalue weighted by atomic mass is 10.1. The lowest BCUT2D eigenvalue weighted by molar-refractivity contribution is -0.136. The third kappa shape index (κ3) is 2.93. The molecule has 25 heavy (non-hydrogen) atoms. The molecule has 2 heterocycles. The third-order valence-corrected chi connectivity index (χ3v) is 5.15. The van der Waals surface area contributed by atoms with Crippen molar-refractivity contribution in [3.8, 4) is 0 Å². The first kappa shape index (κ1) is 16.2. The number of carbonyl (C=O) groups is 1. The number of aromatic nitrogens is 2. The second-order valence-electron chi connectivity index (χ2n) is 6.76. The Morgan fingerprint density at radius 1 is 1.36 bits per heavy atom. The highest BCUT2D eigenvalue weighted by atomic mass is 19.1. The lowest BCUT2D eigenvalue weighted by Gasteiger charge is -2.36. The van der Waals surface area contributed by atoms with E-state index in [0.29, 0.717) is 25.1 Å². The highest BCUT2D eigenvalue weighted by Gasteiger charge is 2.48. The first-order chi connectivity index (χ1) is 12.1. The van der Waals surface area contributed by atoms with Crippen molar-refractivity contribution in [2.45, 2.75) is 18.4 Å². The molecule has 0 bridgehead atoms. The smallest absolute Gasteiger partial charge is 0.227 e. The zero-order valence-corrected chi connectivity index (χ0v) is 14.0. The molecule has 5 nitrogen and oxygen atoms in total. The maximum atomic E-state index is 14.0. The quantitative estimate of drug-likeness (QED) is 0.925. The van der Waals surface area contributed by atoms with Gasteiger partial charge in [0.2, 0.25) is 5.91 Å². The van der Waals surface area contributed by atoms with E-state index in [0.717, 1.165) is 24.5 Å². The monoisotopic (exact) mass is 346 g/mol. The van der Waals surface area contributed by atoms with Gasteiger partial charge in [0.25, 0.3) is 0 Å². The van der Waals surface area contributed by atoms with Crippen LogP contribution in [0, 0.1) is 17.6 Å². The molecule has 1 saturated carbocycles. The van der Waals surface area contributed by atoms with Crippen LogP contribution >= 0.6 is 0 Å². The first-order valence-electron chi connectivity index (χ1n) is 8.49. The molecule has 1 aromatic carbocycles. The van der Waals surface area contributed by atoms with Gasteiger partial charge in [0, 0.05) is 45.0 Å². The Kier molecular flexibility index (Phi) is 4.03. The van der Waals surface area contributed by atoms with Crippen LogP contribution in [-0.2, 0) is 11.8 Å². The number of nitrogens with one attached hydrogen (secondary N) is 1. The van der Waals surface area contributed by atoms with Gasteiger partial charge in [-0.05, 0) is 36.1 Å². The van der Waals surface area contributed by atoms with Crippen molar-refractivity contribution in [1.29, 1.82) is 0 Å². The van der Waals surface area contributed by atoms with Crippen molar-refractivity contribution < 1.29 is 13.6 Å². The molecule has 4 rings (SSSR count). The molecule has 0 spiro atoms. The largest absolute Gasteiger partial charge is 0.336 e. The zero-order chi connectivity index (χ0) is 17.6. The molecule has 132 valence electrons. The number of hydrogen-bond donors (Lipinski definition) is 1. The van der Waals surface area contributed by atoms with Crippen molar-refractivity contribution in [2.24, 2.45) is 13.0 Å². The van der Waals surface area contributed by atoms with Crippen LogP contribution in [0.3, 0.4) is 0 Å². The number of amides is 1. The molecule has 1 amide bonds. The van der Waals surface area contributed by atoms with Crippen LogP contribution in [0.25, 0.3) is 0 Å². The number of piperazine rings is 1. The summed E-state index contributed by atoms with van der Waals surface area (Å²) in [6.45, 7) is 1.95. The predicted octanol–water partition coefficient (Wildman–Crippen LogP) is 1.97. The number of carbonyl (C=O) groups excluding carboxylic acids is 1. The second-order valence-corrected chi connectivity index (χ2v) is 6.76. The van der Waals surface area contributed by atoms with Crippen LogP contribution in [0.2, 0.25) is 0 Å². The minimum absolute atomic E-state index is 0.00293. The summed E-state index contributed by atoms with van der Waals surface area (Å²) >= 11 is 0. The Balaban J connectivity index is 1.54. The van der Waals surface area contributed by atoms with Gasteiger partial charge in [0.15, 0.2) is 0 Å². The predicted molar refractivity (Wildman–Crippen MR) is 87.7 cm³/mol. The summed E-state index contributed by atoms with van der Waals surface area (Å²) in [5.41, 5.74) is 0.307. The summed E-state index contributed by atoms with van der Waals surface area (Å²) in [7, 11) is 1.90. The number of halogens is 2. The van der Waals surface area contributed by atoms with E-state index in [1.807, 2.05) is 22.7 Å². The molecule has 1 N–H and O–H groups in total. The molecule has 1 aliphatic carbocycles. The van der Waals surface area contributed by atoms with E-state index in [1.54, 1.807) is 6.20 Å². The Morgan fingerprint density at radius 3 is 2.96 bits per heavy atom. The molecule has 2 aromatic rings. The van der Waals surface area contributed by atoms with Gasteiger partial charge in [-0.25, -0.2) is 13.8 Å². The number of hydrogen-bond acceptors (Lipinski definition) is 3. The van der Waals surface area contributed by atoms with Crippen molar-refractivity contribution in [1.82, 2.24) is 19.8 Å². The molecule has 3 atom stereocenters. The molecule has 1 saturated heterocycles. The lowest BCUT2D eigenvalue weighted by Crippen LogP contribution is -2.50. The van der Waals surface area contributed by atoms with Gasteiger partial charge in [-0.1, -0.05) is 0 Å². The van der Waals surface area contributed by atoms with E-state index in [1.165, 1.54) is 6.07 Å². The van der Waals surface area contributed by atoms with Crippen molar-refractivity contribution in [3.05, 3.63) is 53.6 Å². The number of nitrogens with zero attached hydrogens (tertiary/aromatic N) is 3. The first-order valence-corrected chi connectivity index (χ1v) is 8.49. The van der Waals surface area contributed by atoms with Gasteiger partial charge in [0.05, 0.1) is 0 Å². The van der Waals surface area contributed by atoms with E-state index in [-0.39, 0.29) is 23.8 Å². The van der Waals surface area contributed by atoms with Crippen molar-refractivity contribution >= 4 is 5.91 Å². The van der Waals surface area contributed by atoms with Gasteiger partial charge < -0.3 is 14.8 Å². The molecule has 1 aliphatic heterocycles. The van der Waals surface area contributed by atoms with E-state index in [4.69, 9.17) is 0 Å². The maximum absolute atomic E-state index is 14.0. The fourth-order valence-corrected chi connectivity index (χ4v) is 3.72. The molecule has 1 aromatic heterocycles. The fraction of sp³-hybridized carbons (Fsp3) is 0.444. The number of imidazole rings is 1. The maximum Gasteiger partial charge on any atom is 0.227 e. The Bertz CT molecular complexity index is 806. The van der Waals surface area contributed by atoms with E-state index < -0.39 is 11.6 Å². The van der Waals surface area contributed by atoms with Crippen LogP contribution < -0.4 is 5.32 Å². The van der Waals surface area contributed by atoms with Crippen LogP contribution in [0.4, 0.5) is 8.78 Å². The van der Waals surface area contributed by atoms with Gasteiger partial charge in [-0.3, -0.25) is 4.79 Å². The molecular formula is C18H20F2N4O. The normalized spacial score (nSPS) is 25.9. The number of aryl methyl sites for hydroxylation is 1. The van der Waals surface area contributed by atoms with Crippen molar-refractivity contribution in [2.75, 3.05) is 19.6 Å². The number of benzene rings is 1. The van der Waals surface area contributed by atoms with Gasteiger partial charge in [-0.2, -0.15) is 0 Å². The Labute approximate surface area is 144 Å². The topological polar surface area (TPSA) is 50.2 Å². The highest BCUT2D eigenvalue weighted by Crippen LogP contribution is 2.50. The molecular weight excluding hydrogens is 326 g/mol. The molecule has 0 radical (unpaired) electrons. The second kappa shape index (κ2) is 6.22. The number of rotatable bonds is 3. The molecule has 2 fully saturated rings. The minimum atomic E-state index is -0.470. The summed E-state index contributed by atoms with van der Waals surface area (Å²) < 4.78 is 29.3. The summed E-state index contributed by atoms with van der Waals surface area (Å²) in [6, 6.07) is 3.30. The van der Waals surface area contributed by atoms with E-state index in [2.05, 4.69) is 10.3 Å². The van der Waals surface area contributed by atoms with Gasteiger partial charge in [-0.15, -0.1) is 0 Å². The third-order valence-electron chi connectivity index (χ3n) is 5.15. The van der Waals surface area contributed by atoms with Gasteiger partial charge in [0.1, 0.15) is 23.5 Å². The van der Waals surface area contributed by atoms with Crippen molar-refractivity contribution in [3.63, 3.8) is 0 Å². The molecule has 7 heteroatoms. The molecule has 3 unspecified atom stereocenters. The Morgan fingerprint density at radius 2 is 2.20 bits per heavy atom. The average Bonchev–Trinajstić information content (AvgIpc) is 3.30. The van der Waals surface area contributed by atoms with Crippen LogP contribution in [0.15, 0.2) is 30.6 Å². The summed E-state index contributed by atoms with van der Waals surface area (Å²) in [4.78, 5) is 19.2. The molecule has 2 aliphatic rings. The van der Waals surface area contributed by atoms with E-state index >= 15 is 0 Å². The fourth-order valence-electron chi connectivity index (χ4n) is 3.72. The van der Waals surface area contributed by atoms with E-state index in [9.17, 15) is 13.6 Å². The Hall–Kier alpha value is -2.28. The van der Waals surface area contributed by atoms with Crippen LogP contribution in [-0.4, -0.2) is 40.0 Å². The highest BCUT2D eigenvalue weighted by molar-refractivity contribution is 5.83. The summed E-state index contributed by atoms with van der Waals surface area (Å²) in [6.07, 6.45) is 4.14. The van der Waals surface area contributed by atoms with Gasteiger partial charge >= 0.3 is 0 Å². The zero-order valence-electron chi connectivity index (χ0n) is 14.0.